The van der Waals surface area contributed by atoms with Crippen LogP contribution in [0.3, 0.4) is 0 Å². The van der Waals surface area contributed by atoms with Gasteiger partial charge in [0.25, 0.3) is 5.91 Å². The maximum atomic E-state index is 13.3. The monoisotopic (exact) mass is 432 g/mol. The highest BCUT2D eigenvalue weighted by Crippen LogP contribution is 2.38. The predicted octanol–water partition coefficient (Wildman–Crippen LogP) is 3.96. The minimum absolute atomic E-state index is 0.0723. The van der Waals surface area contributed by atoms with Gasteiger partial charge in [-0.05, 0) is 44.0 Å². The number of rotatable bonds is 4. The molecule has 32 heavy (non-hydrogen) atoms. The third-order valence-electron chi connectivity index (χ3n) is 7.35. The molecule has 1 aromatic carbocycles. The van der Waals surface area contributed by atoms with Gasteiger partial charge in [0.05, 0.1) is 23.7 Å². The van der Waals surface area contributed by atoms with E-state index in [0.29, 0.717) is 17.3 Å². The van der Waals surface area contributed by atoms with Crippen molar-refractivity contribution >= 4 is 17.5 Å². The van der Waals surface area contributed by atoms with Crippen molar-refractivity contribution in [1.82, 2.24) is 14.8 Å². The molecule has 0 radical (unpaired) electrons. The molecule has 6 nitrogen and oxygen atoms in total. The number of carbonyl (C=O) groups is 2. The number of anilines is 1. The number of amides is 2. The number of aryl methyl sites for hydroxylation is 1. The molecule has 1 aliphatic carbocycles. The maximum Gasteiger partial charge on any atom is 0.260 e. The molecule has 0 spiro atoms. The predicted molar refractivity (Wildman–Crippen MR) is 125 cm³/mol. The van der Waals surface area contributed by atoms with Gasteiger partial charge in [-0.15, -0.1) is 0 Å². The molecule has 2 aliphatic heterocycles. The van der Waals surface area contributed by atoms with Crippen LogP contribution in [0.15, 0.2) is 42.6 Å². The molecule has 3 heterocycles. The van der Waals surface area contributed by atoms with Crippen molar-refractivity contribution in [3.8, 4) is 0 Å². The summed E-state index contributed by atoms with van der Waals surface area (Å²) in [5.74, 6) is 0.0404. The molecule has 6 heteroatoms. The number of benzene rings is 1. The molecule has 2 aromatic rings. The summed E-state index contributed by atoms with van der Waals surface area (Å²) in [6.45, 7) is 5.48. The minimum Gasteiger partial charge on any atom is -0.340 e. The molecule has 1 unspecified atom stereocenters. The van der Waals surface area contributed by atoms with Gasteiger partial charge in [0, 0.05) is 44.1 Å². The summed E-state index contributed by atoms with van der Waals surface area (Å²) in [5.41, 5.74) is 3.28. The van der Waals surface area contributed by atoms with Crippen LogP contribution in [0.1, 0.15) is 66.2 Å². The zero-order valence-corrected chi connectivity index (χ0v) is 18.9. The van der Waals surface area contributed by atoms with Crippen molar-refractivity contribution in [3.63, 3.8) is 0 Å². The van der Waals surface area contributed by atoms with Crippen LogP contribution < -0.4 is 4.90 Å². The Balaban J connectivity index is 1.30. The maximum absolute atomic E-state index is 13.3. The first-order valence-electron chi connectivity index (χ1n) is 12.0. The molecule has 168 valence electrons. The molecule has 0 bridgehead atoms. The Morgan fingerprint density at radius 2 is 1.72 bits per heavy atom. The lowest BCUT2D eigenvalue weighted by molar-refractivity contribution is -0.133. The van der Waals surface area contributed by atoms with Gasteiger partial charge in [0.2, 0.25) is 5.91 Å². The zero-order chi connectivity index (χ0) is 22.1. The minimum atomic E-state index is -0.356. The van der Waals surface area contributed by atoms with Crippen LogP contribution in [0.25, 0.3) is 0 Å². The normalized spacial score (nSPS) is 22.3. The van der Waals surface area contributed by atoms with Gasteiger partial charge in [-0.1, -0.05) is 37.0 Å². The van der Waals surface area contributed by atoms with Crippen LogP contribution in [0.5, 0.6) is 0 Å². The molecule has 1 saturated heterocycles. The summed E-state index contributed by atoms with van der Waals surface area (Å²) in [4.78, 5) is 37.4. The third-order valence-corrected chi connectivity index (χ3v) is 7.35. The second kappa shape index (κ2) is 9.02. The lowest BCUT2D eigenvalue weighted by Crippen LogP contribution is -2.52. The fraction of sp³-hybridized carbons (Fsp3) is 0.500. The highest BCUT2D eigenvalue weighted by molar-refractivity contribution is 6.11. The number of hydrogen-bond donors (Lipinski definition) is 0. The molecular formula is C26H32N4O2. The first kappa shape index (κ1) is 21.1. The first-order chi connectivity index (χ1) is 15.6. The van der Waals surface area contributed by atoms with E-state index in [1.807, 2.05) is 42.2 Å². The number of aromatic nitrogens is 1. The van der Waals surface area contributed by atoms with Gasteiger partial charge in [0.1, 0.15) is 0 Å². The molecule has 1 aromatic heterocycles. The summed E-state index contributed by atoms with van der Waals surface area (Å²) in [6, 6.07) is 11.9. The van der Waals surface area contributed by atoms with E-state index in [2.05, 4.69) is 9.88 Å². The van der Waals surface area contributed by atoms with Crippen molar-refractivity contribution in [1.29, 1.82) is 0 Å². The van der Waals surface area contributed by atoms with Crippen molar-refractivity contribution in [2.24, 2.45) is 0 Å². The van der Waals surface area contributed by atoms with Gasteiger partial charge >= 0.3 is 0 Å². The van der Waals surface area contributed by atoms with Crippen LogP contribution in [0, 0.1) is 6.92 Å². The number of nitrogens with zero attached hydrogens (tertiary/aromatic N) is 4. The topological polar surface area (TPSA) is 56.8 Å². The van der Waals surface area contributed by atoms with Gasteiger partial charge in [0.15, 0.2) is 0 Å². The van der Waals surface area contributed by atoms with Gasteiger partial charge in [-0.25, -0.2) is 0 Å². The molecule has 5 rings (SSSR count). The highest BCUT2D eigenvalue weighted by atomic mass is 16.2. The average Bonchev–Trinajstić information content (AvgIpc) is 3.12. The molecule has 3 aliphatic rings. The van der Waals surface area contributed by atoms with Crippen LogP contribution in [-0.4, -0.2) is 58.8 Å². The van der Waals surface area contributed by atoms with Crippen LogP contribution in [0.4, 0.5) is 5.69 Å². The van der Waals surface area contributed by atoms with Gasteiger partial charge in [-0.2, -0.15) is 0 Å². The fourth-order valence-electron chi connectivity index (χ4n) is 5.53. The van der Waals surface area contributed by atoms with Crippen LogP contribution in [-0.2, 0) is 4.79 Å². The fourth-order valence-corrected chi connectivity index (χ4v) is 5.53. The Morgan fingerprint density at radius 3 is 2.44 bits per heavy atom. The van der Waals surface area contributed by atoms with Crippen molar-refractivity contribution in [2.45, 2.75) is 57.5 Å². The summed E-state index contributed by atoms with van der Waals surface area (Å²) in [5, 5.41) is 0. The number of hydrogen-bond acceptors (Lipinski definition) is 4. The molecule has 1 atom stereocenters. The average molecular weight is 433 g/mol. The highest BCUT2D eigenvalue weighted by Gasteiger charge is 2.41. The van der Waals surface area contributed by atoms with Gasteiger partial charge in [-0.3, -0.25) is 24.4 Å². The van der Waals surface area contributed by atoms with E-state index in [1.54, 1.807) is 17.2 Å². The standard InChI is InChI=1S/C26H32N4O2/c1-19-9-11-21(12-10-19)30-23(25-22(26(30)32)8-5-13-27-25)18-24(31)29-16-14-28(15-17-29)20-6-3-2-4-7-20/h5,8-13,20,23H,2-4,6-7,14-18H2,1H3. The SMILES string of the molecule is Cc1ccc(N2C(=O)c3cccnc3C2CC(=O)N2CCN(C3CCCCC3)CC2)cc1. The second-order valence-electron chi connectivity index (χ2n) is 9.38. The largest absolute Gasteiger partial charge is 0.340 e. The van der Waals surface area contributed by atoms with Crippen LogP contribution in [0.2, 0.25) is 0 Å². The Morgan fingerprint density at radius 1 is 1.00 bits per heavy atom. The van der Waals surface area contributed by atoms with Gasteiger partial charge < -0.3 is 4.90 Å². The Bertz CT molecular complexity index is 976. The number of pyridine rings is 1. The van der Waals surface area contributed by atoms with E-state index in [4.69, 9.17) is 0 Å². The quantitative estimate of drug-likeness (QED) is 0.734. The first-order valence-corrected chi connectivity index (χ1v) is 12.0. The van der Waals surface area contributed by atoms with E-state index in [9.17, 15) is 9.59 Å². The van der Waals surface area contributed by atoms with Crippen LogP contribution >= 0.6 is 0 Å². The summed E-state index contributed by atoms with van der Waals surface area (Å²) >= 11 is 0. The molecular weight excluding hydrogens is 400 g/mol. The van der Waals surface area contributed by atoms with E-state index in [1.165, 1.54) is 32.1 Å². The zero-order valence-electron chi connectivity index (χ0n) is 18.9. The third kappa shape index (κ3) is 4.04. The molecule has 2 fully saturated rings. The van der Waals surface area contributed by atoms with E-state index in [-0.39, 0.29) is 24.3 Å². The smallest absolute Gasteiger partial charge is 0.260 e. The summed E-state index contributed by atoms with van der Waals surface area (Å²) in [6.07, 6.45) is 8.61. The summed E-state index contributed by atoms with van der Waals surface area (Å²) < 4.78 is 0. The Kier molecular flexibility index (Phi) is 5.96. The lowest BCUT2D eigenvalue weighted by atomic mass is 9.94. The summed E-state index contributed by atoms with van der Waals surface area (Å²) in [7, 11) is 0. The lowest BCUT2D eigenvalue weighted by Gasteiger charge is -2.41. The number of piperazine rings is 1. The molecule has 0 N–H and O–H groups in total. The number of fused-ring (bicyclic) bond motifs is 1. The Labute approximate surface area is 190 Å². The Hall–Kier alpha value is -2.73. The second-order valence-corrected chi connectivity index (χ2v) is 9.38. The van der Waals surface area contributed by atoms with Crippen molar-refractivity contribution in [3.05, 3.63) is 59.4 Å². The van der Waals surface area contributed by atoms with E-state index in [0.717, 1.165) is 37.4 Å². The van der Waals surface area contributed by atoms with Crippen molar-refractivity contribution < 1.29 is 9.59 Å². The molecule has 1 saturated carbocycles. The van der Waals surface area contributed by atoms with E-state index < -0.39 is 0 Å². The van der Waals surface area contributed by atoms with E-state index >= 15 is 0 Å². The number of carbonyl (C=O) groups excluding carboxylic acids is 2. The van der Waals surface area contributed by atoms with Crippen molar-refractivity contribution in [2.75, 3.05) is 31.1 Å². The molecule has 2 amide bonds.